The van der Waals surface area contributed by atoms with Crippen molar-refractivity contribution in [2.24, 2.45) is 5.92 Å². The van der Waals surface area contributed by atoms with Crippen molar-refractivity contribution in [1.29, 1.82) is 0 Å². The molecule has 0 spiro atoms. The molecule has 0 radical (unpaired) electrons. The summed E-state index contributed by atoms with van der Waals surface area (Å²) < 4.78 is 0. The van der Waals surface area contributed by atoms with Crippen molar-refractivity contribution in [3.05, 3.63) is 39.9 Å². The summed E-state index contributed by atoms with van der Waals surface area (Å²) in [6.07, 6.45) is 0.805. The summed E-state index contributed by atoms with van der Waals surface area (Å²) in [5, 5.41) is 0.674. The molecule has 1 aromatic heterocycles. The van der Waals surface area contributed by atoms with E-state index in [0.717, 1.165) is 23.3 Å². The lowest BCUT2D eigenvalue weighted by atomic mass is 10.1. The van der Waals surface area contributed by atoms with E-state index in [9.17, 15) is 4.79 Å². The third-order valence-corrected chi connectivity index (χ3v) is 2.59. The first-order chi connectivity index (χ1) is 7.58. The van der Waals surface area contributed by atoms with Crippen molar-refractivity contribution in [3.8, 4) is 0 Å². The minimum Gasteiger partial charge on any atom is -0.310 e. The third kappa shape index (κ3) is 1.98. The molecule has 0 saturated carbocycles. The average molecular weight is 216 g/mol. The largest absolute Gasteiger partial charge is 0.310 e. The molecule has 3 nitrogen and oxygen atoms in total. The highest BCUT2D eigenvalue weighted by Gasteiger charge is 2.06. The number of H-pyrrole nitrogens is 1. The Morgan fingerprint density at radius 3 is 2.81 bits per heavy atom. The van der Waals surface area contributed by atoms with E-state index >= 15 is 0 Å². The van der Waals surface area contributed by atoms with Gasteiger partial charge in [0.1, 0.15) is 5.82 Å². The van der Waals surface area contributed by atoms with Gasteiger partial charge in [0.15, 0.2) is 0 Å². The predicted octanol–water partition coefficient (Wildman–Crippen LogP) is 2.43. The summed E-state index contributed by atoms with van der Waals surface area (Å²) >= 11 is 0. The van der Waals surface area contributed by atoms with Crippen LogP contribution in [-0.2, 0) is 6.42 Å². The molecule has 0 unspecified atom stereocenters. The zero-order chi connectivity index (χ0) is 11.7. The third-order valence-electron chi connectivity index (χ3n) is 2.59. The zero-order valence-electron chi connectivity index (χ0n) is 9.87. The molecule has 3 heteroatoms. The van der Waals surface area contributed by atoms with Crippen LogP contribution in [0, 0.1) is 12.8 Å². The van der Waals surface area contributed by atoms with Gasteiger partial charge in [0.25, 0.3) is 5.56 Å². The summed E-state index contributed by atoms with van der Waals surface area (Å²) in [4.78, 5) is 19.2. The van der Waals surface area contributed by atoms with Gasteiger partial charge in [-0.25, -0.2) is 4.98 Å². The number of hydrogen-bond acceptors (Lipinski definition) is 2. The van der Waals surface area contributed by atoms with Gasteiger partial charge in [-0.3, -0.25) is 4.79 Å². The molecular weight excluding hydrogens is 200 g/mol. The summed E-state index contributed by atoms with van der Waals surface area (Å²) in [6.45, 7) is 6.21. The topological polar surface area (TPSA) is 45.8 Å². The fourth-order valence-corrected chi connectivity index (χ4v) is 1.84. The maximum atomic E-state index is 11.8. The number of aromatic amines is 1. The standard InChI is InChI=1S/C13H16N2O/c1-8(2)7-11-14-12-9(3)5-4-6-10(12)13(16)15-11/h4-6,8H,7H2,1-3H3,(H,14,15,16). The minimum atomic E-state index is -0.0376. The number of benzene rings is 1. The molecule has 2 aromatic rings. The lowest BCUT2D eigenvalue weighted by Crippen LogP contribution is -2.13. The quantitative estimate of drug-likeness (QED) is 0.838. The van der Waals surface area contributed by atoms with Gasteiger partial charge in [0.2, 0.25) is 0 Å². The summed E-state index contributed by atoms with van der Waals surface area (Å²) in [7, 11) is 0. The van der Waals surface area contributed by atoms with Gasteiger partial charge in [-0.15, -0.1) is 0 Å². The van der Waals surface area contributed by atoms with Gasteiger partial charge >= 0.3 is 0 Å². The average Bonchev–Trinajstić information content (AvgIpc) is 2.19. The van der Waals surface area contributed by atoms with Crippen LogP contribution in [0.4, 0.5) is 0 Å². The molecule has 0 saturated heterocycles. The van der Waals surface area contributed by atoms with Crippen LogP contribution in [0.2, 0.25) is 0 Å². The number of hydrogen-bond donors (Lipinski definition) is 1. The second kappa shape index (κ2) is 4.08. The van der Waals surface area contributed by atoms with E-state index in [2.05, 4.69) is 23.8 Å². The number of nitrogens with one attached hydrogen (secondary N) is 1. The molecule has 1 aromatic carbocycles. The molecule has 0 amide bonds. The Bertz CT molecular complexity index is 570. The summed E-state index contributed by atoms with van der Waals surface area (Å²) in [5.41, 5.74) is 1.83. The molecule has 2 rings (SSSR count). The maximum Gasteiger partial charge on any atom is 0.258 e. The van der Waals surface area contributed by atoms with E-state index in [1.54, 1.807) is 0 Å². The molecule has 0 atom stereocenters. The van der Waals surface area contributed by atoms with Gasteiger partial charge in [-0.05, 0) is 24.5 Å². The van der Waals surface area contributed by atoms with E-state index in [0.29, 0.717) is 11.3 Å². The number of para-hydroxylation sites is 1. The molecule has 84 valence electrons. The van der Waals surface area contributed by atoms with Crippen molar-refractivity contribution < 1.29 is 0 Å². The Hall–Kier alpha value is -1.64. The van der Waals surface area contributed by atoms with E-state index in [-0.39, 0.29) is 5.56 Å². The maximum absolute atomic E-state index is 11.8. The molecular formula is C13H16N2O. The molecule has 16 heavy (non-hydrogen) atoms. The van der Waals surface area contributed by atoms with Gasteiger partial charge in [-0.1, -0.05) is 26.0 Å². The second-order valence-electron chi connectivity index (χ2n) is 4.58. The smallest absolute Gasteiger partial charge is 0.258 e. The van der Waals surface area contributed by atoms with Crippen LogP contribution in [0.3, 0.4) is 0 Å². The minimum absolute atomic E-state index is 0.0376. The first kappa shape index (κ1) is 10.9. The Morgan fingerprint density at radius 1 is 1.38 bits per heavy atom. The van der Waals surface area contributed by atoms with Crippen LogP contribution in [-0.4, -0.2) is 9.97 Å². The van der Waals surface area contributed by atoms with Gasteiger partial charge < -0.3 is 4.98 Å². The van der Waals surface area contributed by atoms with E-state index in [1.807, 2.05) is 25.1 Å². The Morgan fingerprint density at radius 2 is 2.12 bits per heavy atom. The summed E-state index contributed by atoms with van der Waals surface area (Å²) in [5.74, 6) is 1.27. The van der Waals surface area contributed by atoms with E-state index < -0.39 is 0 Å². The predicted molar refractivity (Wildman–Crippen MR) is 65.6 cm³/mol. The molecule has 1 N–H and O–H groups in total. The monoisotopic (exact) mass is 216 g/mol. The Kier molecular flexibility index (Phi) is 2.77. The highest BCUT2D eigenvalue weighted by Crippen LogP contribution is 2.13. The second-order valence-corrected chi connectivity index (χ2v) is 4.58. The summed E-state index contributed by atoms with van der Waals surface area (Å²) in [6, 6.07) is 5.68. The van der Waals surface area contributed by atoms with Gasteiger partial charge in [0.05, 0.1) is 10.9 Å². The van der Waals surface area contributed by atoms with E-state index in [1.165, 1.54) is 0 Å². The normalized spacial score (nSPS) is 11.2. The van der Waals surface area contributed by atoms with E-state index in [4.69, 9.17) is 0 Å². The fraction of sp³-hybridized carbons (Fsp3) is 0.385. The molecule has 0 aliphatic carbocycles. The molecule has 0 aliphatic rings. The van der Waals surface area contributed by atoms with Crippen molar-refractivity contribution >= 4 is 10.9 Å². The van der Waals surface area contributed by atoms with Crippen molar-refractivity contribution in [2.75, 3.05) is 0 Å². The van der Waals surface area contributed by atoms with Crippen molar-refractivity contribution in [1.82, 2.24) is 9.97 Å². The molecule has 0 aliphatic heterocycles. The van der Waals surface area contributed by atoms with Crippen LogP contribution < -0.4 is 5.56 Å². The first-order valence-corrected chi connectivity index (χ1v) is 5.56. The lowest BCUT2D eigenvalue weighted by molar-refractivity contribution is 0.621. The fourth-order valence-electron chi connectivity index (χ4n) is 1.84. The van der Waals surface area contributed by atoms with Crippen LogP contribution in [0.15, 0.2) is 23.0 Å². The Balaban J connectivity index is 2.66. The van der Waals surface area contributed by atoms with Crippen LogP contribution >= 0.6 is 0 Å². The van der Waals surface area contributed by atoms with Crippen molar-refractivity contribution in [2.45, 2.75) is 27.2 Å². The SMILES string of the molecule is Cc1cccc2c(=O)[nH]c(CC(C)C)nc12. The molecule has 0 bridgehead atoms. The Labute approximate surface area is 94.5 Å². The number of aryl methyl sites for hydroxylation is 1. The van der Waals surface area contributed by atoms with Crippen molar-refractivity contribution in [3.63, 3.8) is 0 Å². The van der Waals surface area contributed by atoms with Gasteiger partial charge in [-0.2, -0.15) is 0 Å². The zero-order valence-corrected chi connectivity index (χ0v) is 9.87. The number of aromatic nitrogens is 2. The van der Waals surface area contributed by atoms with Crippen LogP contribution in [0.1, 0.15) is 25.2 Å². The first-order valence-electron chi connectivity index (χ1n) is 5.56. The number of rotatable bonds is 2. The van der Waals surface area contributed by atoms with Crippen LogP contribution in [0.25, 0.3) is 10.9 Å². The van der Waals surface area contributed by atoms with Crippen LogP contribution in [0.5, 0.6) is 0 Å². The number of fused-ring (bicyclic) bond motifs is 1. The van der Waals surface area contributed by atoms with Gasteiger partial charge in [0, 0.05) is 6.42 Å². The lowest BCUT2D eigenvalue weighted by Gasteiger charge is -2.06. The molecule has 0 fully saturated rings. The highest BCUT2D eigenvalue weighted by atomic mass is 16.1. The number of nitrogens with zero attached hydrogens (tertiary/aromatic N) is 1. The highest BCUT2D eigenvalue weighted by molar-refractivity contribution is 5.80. The molecule has 1 heterocycles.